The molecule has 0 aliphatic rings. The second-order valence-corrected chi connectivity index (χ2v) is 9.61. The van der Waals surface area contributed by atoms with Crippen molar-refractivity contribution in [1.29, 1.82) is 5.26 Å². The van der Waals surface area contributed by atoms with Gasteiger partial charge in [0.1, 0.15) is 29.7 Å². The quantitative estimate of drug-likeness (QED) is 0.167. The molecule has 4 rings (SSSR count). The second kappa shape index (κ2) is 12.6. The van der Waals surface area contributed by atoms with Gasteiger partial charge in [-0.3, -0.25) is 4.79 Å². The molecule has 0 aliphatic carbocycles. The first-order valence-corrected chi connectivity index (χ1v) is 13.1. The van der Waals surface area contributed by atoms with Crippen molar-refractivity contribution >= 4 is 40.9 Å². The van der Waals surface area contributed by atoms with Gasteiger partial charge in [0.15, 0.2) is 0 Å². The zero-order valence-electron chi connectivity index (χ0n) is 21.8. The Morgan fingerprint density at radius 1 is 0.974 bits per heavy atom. The van der Waals surface area contributed by atoms with Gasteiger partial charge in [-0.05, 0) is 99.1 Å². The summed E-state index contributed by atoms with van der Waals surface area (Å²) in [5.74, 6) is 0.934. The number of nitrogens with one attached hydrogen (secondary N) is 1. The summed E-state index contributed by atoms with van der Waals surface area (Å²) >= 11 is 12.2. The number of nitrogens with zero attached hydrogens (tertiary/aromatic N) is 2. The van der Waals surface area contributed by atoms with E-state index < -0.39 is 5.91 Å². The summed E-state index contributed by atoms with van der Waals surface area (Å²) in [4.78, 5) is 12.8. The lowest BCUT2D eigenvalue weighted by molar-refractivity contribution is -0.112. The molecule has 0 radical (unpaired) electrons. The van der Waals surface area contributed by atoms with Crippen LogP contribution >= 0.6 is 23.2 Å². The van der Waals surface area contributed by atoms with E-state index in [0.29, 0.717) is 40.4 Å². The summed E-state index contributed by atoms with van der Waals surface area (Å²) in [5.41, 5.74) is 5.01. The molecule has 0 atom stereocenters. The summed E-state index contributed by atoms with van der Waals surface area (Å²) in [6.07, 6.45) is 1.61. The number of hydrogen-bond acceptors (Lipinski definition) is 4. The summed E-state index contributed by atoms with van der Waals surface area (Å²) in [5, 5.41) is 13.6. The van der Waals surface area contributed by atoms with Gasteiger partial charge in [-0.1, -0.05) is 29.3 Å². The lowest BCUT2D eigenvalue weighted by atomic mass is 10.1. The largest absolute Gasteiger partial charge is 0.494 e. The number of halogens is 2. The molecule has 0 fully saturated rings. The molecule has 1 N–H and O–H groups in total. The highest BCUT2D eigenvalue weighted by molar-refractivity contribution is 6.35. The Balaban J connectivity index is 1.48. The molecule has 0 saturated heterocycles. The first-order chi connectivity index (χ1) is 18.8. The standard InChI is InChI=1S/C31H27Cl2N3O3/c1-4-38-28-11-7-26(8-12-28)35-31(37)24(18-34)16-23-15-20(2)36(21(23)3)27-9-13-29(14-10-27)39-19-22-5-6-25(32)17-30(22)33/h5-17H,4,19H2,1-3H3,(H,35,37)/b24-16-. The Bertz CT molecular complexity index is 1550. The molecular formula is C31H27Cl2N3O3. The zero-order chi connectivity index (χ0) is 27.9. The molecular weight excluding hydrogens is 533 g/mol. The number of amides is 1. The van der Waals surface area contributed by atoms with Crippen molar-refractivity contribution in [2.24, 2.45) is 0 Å². The van der Waals surface area contributed by atoms with Crippen LogP contribution in [0, 0.1) is 25.2 Å². The van der Waals surface area contributed by atoms with E-state index in [0.717, 1.165) is 28.2 Å². The number of nitriles is 1. The molecule has 1 heterocycles. The third kappa shape index (κ3) is 6.83. The molecule has 0 saturated carbocycles. The Kier molecular flexibility index (Phi) is 8.98. The van der Waals surface area contributed by atoms with Crippen LogP contribution in [0.15, 0.2) is 78.4 Å². The Hall–Kier alpha value is -4.18. The number of hydrogen-bond donors (Lipinski definition) is 1. The van der Waals surface area contributed by atoms with Crippen LogP contribution in [0.3, 0.4) is 0 Å². The number of rotatable bonds is 9. The van der Waals surface area contributed by atoms with Crippen LogP contribution < -0.4 is 14.8 Å². The third-order valence-electron chi connectivity index (χ3n) is 6.06. The molecule has 198 valence electrons. The van der Waals surface area contributed by atoms with E-state index in [4.69, 9.17) is 32.7 Å². The fourth-order valence-electron chi connectivity index (χ4n) is 4.13. The molecule has 0 bridgehead atoms. The van der Waals surface area contributed by atoms with Crippen molar-refractivity contribution in [3.05, 3.63) is 111 Å². The van der Waals surface area contributed by atoms with Gasteiger partial charge in [0.05, 0.1) is 6.61 Å². The van der Waals surface area contributed by atoms with Crippen LogP contribution in [0.2, 0.25) is 10.0 Å². The number of ether oxygens (including phenoxy) is 2. The Morgan fingerprint density at radius 3 is 2.28 bits per heavy atom. The third-order valence-corrected chi connectivity index (χ3v) is 6.65. The van der Waals surface area contributed by atoms with Gasteiger partial charge in [0.25, 0.3) is 5.91 Å². The maximum absolute atomic E-state index is 12.8. The number of carbonyl (C=O) groups is 1. The van der Waals surface area contributed by atoms with Crippen molar-refractivity contribution in [1.82, 2.24) is 4.57 Å². The summed E-state index contributed by atoms with van der Waals surface area (Å²) < 4.78 is 13.4. The summed E-state index contributed by atoms with van der Waals surface area (Å²) in [6.45, 7) is 6.71. The van der Waals surface area contributed by atoms with Crippen molar-refractivity contribution in [2.45, 2.75) is 27.4 Å². The normalized spacial score (nSPS) is 11.1. The van der Waals surface area contributed by atoms with Crippen molar-refractivity contribution in [3.8, 4) is 23.3 Å². The van der Waals surface area contributed by atoms with Crippen molar-refractivity contribution < 1.29 is 14.3 Å². The average molecular weight is 560 g/mol. The van der Waals surface area contributed by atoms with Crippen LogP contribution in [0.5, 0.6) is 11.5 Å². The van der Waals surface area contributed by atoms with E-state index in [1.165, 1.54) is 0 Å². The maximum Gasteiger partial charge on any atom is 0.266 e. The number of benzene rings is 3. The predicted octanol–water partition coefficient (Wildman–Crippen LogP) is 7.92. The van der Waals surface area contributed by atoms with Gasteiger partial charge in [-0.25, -0.2) is 0 Å². The van der Waals surface area contributed by atoms with E-state index in [9.17, 15) is 10.1 Å². The number of carbonyl (C=O) groups excluding carboxylic acids is 1. The minimum atomic E-state index is -0.478. The van der Waals surface area contributed by atoms with Gasteiger partial charge in [0, 0.05) is 38.4 Å². The molecule has 1 amide bonds. The van der Waals surface area contributed by atoms with Crippen molar-refractivity contribution in [2.75, 3.05) is 11.9 Å². The monoisotopic (exact) mass is 559 g/mol. The molecule has 0 aliphatic heterocycles. The first kappa shape index (κ1) is 27.8. The van der Waals surface area contributed by atoms with Crippen molar-refractivity contribution in [3.63, 3.8) is 0 Å². The molecule has 0 spiro atoms. The van der Waals surface area contributed by atoms with E-state index in [1.807, 2.05) is 63.2 Å². The molecule has 0 unspecified atom stereocenters. The molecule has 39 heavy (non-hydrogen) atoms. The van der Waals surface area contributed by atoms with E-state index >= 15 is 0 Å². The van der Waals surface area contributed by atoms with E-state index in [-0.39, 0.29) is 5.57 Å². The Labute approximate surface area is 238 Å². The molecule has 4 aromatic rings. The number of aryl methyl sites for hydroxylation is 1. The first-order valence-electron chi connectivity index (χ1n) is 12.3. The van der Waals surface area contributed by atoms with Gasteiger partial charge < -0.3 is 19.4 Å². The molecule has 1 aromatic heterocycles. The molecule has 8 heteroatoms. The SMILES string of the molecule is CCOc1ccc(NC(=O)/C(C#N)=C\c2cc(C)n(-c3ccc(OCc4ccc(Cl)cc4Cl)cc3)c2C)cc1. The predicted molar refractivity (Wildman–Crippen MR) is 156 cm³/mol. The topological polar surface area (TPSA) is 76.3 Å². The minimum absolute atomic E-state index is 0.00810. The highest BCUT2D eigenvalue weighted by Crippen LogP contribution is 2.26. The summed E-state index contributed by atoms with van der Waals surface area (Å²) in [6, 6.07) is 24.0. The minimum Gasteiger partial charge on any atom is -0.494 e. The van der Waals surface area contributed by atoms with E-state index in [1.54, 1.807) is 42.5 Å². The molecule has 6 nitrogen and oxygen atoms in total. The van der Waals surface area contributed by atoms with Gasteiger partial charge in [-0.2, -0.15) is 5.26 Å². The summed E-state index contributed by atoms with van der Waals surface area (Å²) in [7, 11) is 0. The zero-order valence-corrected chi connectivity index (χ0v) is 23.3. The van der Waals surface area contributed by atoms with Gasteiger partial charge in [0.2, 0.25) is 0 Å². The maximum atomic E-state index is 12.8. The highest BCUT2D eigenvalue weighted by Gasteiger charge is 2.14. The van der Waals surface area contributed by atoms with Crippen LogP contribution in [0.1, 0.15) is 29.4 Å². The second-order valence-electron chi connectivity index (χ2n) is 8.76. The van der Waals surface area contributed by atoms with Gasteiger partial charge >= 0.3 is 0 Å². The average Bonchev–Trinajstić information content (AvgIpc) is 3.20. The number of anilines is 1. The smallest absolute Gasteiger partial charge is 0.266 e. The fourth-order valence-corrected chi connectivity index (χ4v) is 4.59. The van der Waals surface area contributed by atoms with Crippen LogP contribution in [-0.4, -0.2) is 17.1 Å². The Morgan fingerprint density at radius 2 is 1.64 bits per heavy atom. The lowest BCUT2D eigenvalue weighted by Crippen LogP contribution is -2.13. The lowest BCUT2D eigenvalue weighted by Gasteiger charge is -2.12. The van der Waals surface area contributed by atoms with Crippen LogP contribution in [0.4, 0.5) is 5.69 Å². The van der Waals surface area contributed by atoms with Gasteiger partial charge in [-0.15, -0.1) is 0 Å². The highest BCUT2D eigenvalue weighted by atomic mass is 35.5. The van der Waals surface area contributed by atoms with E-state index in [2.05, 4.69) is 9.88 Å². The molecule has 3 aromatic carbocycles. The number of aromatic nitrogens is 1. The fraction of sp³-hybridized carbons (Fsp3) is 0.161. The van der Waals surface area contributed by atoms with Crippen LogP contribution in [-0.2, 0) is 11.4 Å². The van der Waals surface area contributed by atoms with Crippen LogP contribution in [0.25, 0.3) is 11.8 Å².